The van der Waals surface area contributed by atoms with Crippen LogP contribution >= 0.6 is 36.6 Å². The monoisotopic (exact) mass is 459 g/mol. The van der Waals surface area contributed by atoms with Crippen LogP contribution in [0.25, 0.3) is 33.6 Å². The van der Waals surface area contributed by atoms with Gasteiger partial charge in [-0.05, 0) is 36.6 Å². The third-order valence-electron chi connectivity index (χ3n) is 5.64. The summed E-state index contributed by atoms with van der Waals surface area (Å²) >= 11 is 1.51. The zero-order chi connectivity index (χ0) is 19.1. The Morgan fingerprint density at radius 3 is 2.27 bits per heavy atom. The van der Waals surface area contributed by atoms with E-state index in [9.17, 15) is 0 Å². The van der Waals surface area contributed by atoms with Crippen LogP contribution in [0.5, 0.6) is 0 Å². The van der Waals surface area contributed by atoms with E-state index in [4.69, 9.17) is 10.2 Å². The first-order chi connectivity index (χ1) is 13.7. The first kappa shape index (κ1) is 22.6. The van der Waals surface area contributed by atoms with Crippen molar-refractivity contribution >= 4 is 47.7 Å². The van der Waals surface area contributed by atoms with Gasteiger partial charge in [-0.15, -0.1) is 24.8 Å². The molecule has 0 bridgehead atoms. The lowest BCUT2D eigenvalue weighted by molar-refractivity contribution is 0.253. The maximum Gasteiger partial charge on any atom is 0.231 e. The Morgan fingerprint density at radius 2 is 1.67 bits per heavy atom. The molecule has 5 rings (SSSR count). The second-order valence-corrected chi connectivity index (χ2v) is 8.11. The largest absolute Gasteiger partial charge is 0.437 e. The molecule has 4 aromatic rings. The maximum atomic E-state index is 6.48. The lowest BCUT2D eigenvalue weighted by Crippen LogP contribution is -2.43. The minimum absolute atomic E-state index is 0. The summed E-state index contributed by atoms with van der Waals surface area (Å²) in [5.74, 6) is 0.819. The summed E-state index contributed by atoms with van der Waals surface area (Å²) in [7, 11) is 0. The molecular formula is C23H23Cl2N3OS. The molecule has 4 nitrogen and oxygen atoms in total. The van der Waals surface area contributed by atoms with Crippen molar-refractivity contribution in [3.63, 3.8) is 0 Å². The molecule has 156 valence electrons. The van der Waals surface area contributed by atoms with Crippen LogP contribution in [0.2, 0.25) is 0 Å². The van der Waals surface area contributed by atoms with E-state index >= 15 is 0 Å². The fraction of sp³-hybridized carbons (Fsp3) is 0.217. The van der Waals surface area contributed by atoms with E-state index in [-0.39, 0.29) is 30.4 Å². The number of halogens is 2. The number of furan rings is 1. The van der Waals surface area contributed by atoms with Crippen LogP contribution in [-0.4, -0.2) is 16.2 Å². The van der Waals surface area contributed by atoms with Crippen molar-refractivity contribution in [2.75, 3.05) is 6.26 Å². The highest BCUT2D eigenvalue weighted by molar-refractivity contribution is 7.98. The third kappa shape index (κ3) is 3.83. The van der Waals surface area contributed by atoms with Crippen LogP contribution < -0.4 is 5.73 Å². The average molecular weight is 460 g/mol. The summed E-state index contributed by atoms with van der Waals surface area (Å²) in [4.78, 5) is 9.03. The summed E-state index contributed by atoms with van der Waals surface area (Å²) in [5, 5.41) is 1.63. The number of nitrogens with two attached hydrogens (primary N) is 1. The van der Waals surface area contributed by atoms with Gasteiger partial charge in [-0.25, -0.2) is 4.98 Å². The van der Waals surface area contributed by atoms with Crippen LogP contribution in [-0.2, 0) is 5.54 Å². The number of thioether (sulfide) groups is 1. The van der Waals surface area contributed by atoms with E-state index < -0.39 is 0 Å². The quantitative estimate of drug-likeness (QED) is 0.280. The highest BCUT2D eigenvalue weighted by atomic mass is 35.5. The SMILES string of the molecule is CSc1ncc2c(-c3ccccc3)c(-c3ccc(C4(N)CCC4)cc3)oc2n1.Cl.Cl. The van der Waals surface area contributed by atoms with Crippen molar-refractivity contribution in [2.24, 2.45) is 5.73 Å². The molecule has 0 radical (unpaired) electrons. The van der Waals surface area contributed by atoms with E-state index in [2.05, 4.69) is 46.4 Å². The summed E-state index contributed by atoms with van der Waals surface area (Å²) < 4.78 is 6.25. The van der Waals surface area contributed by atoms with Gasteiger partial charge in [0.15, 0.2) is 5.16 Å². The molecule has 1 aliphatic rings. The molecule has 0 amide bonds. The number of benzene rings is 2. The Labute approximate surface area is 192 Å². The molecule has 7 heteroatoms. The van der Waals surface area contributed by atoms with Gasteiger partial charge in [0.2, 0.25) is 5.71 Å². The van der Waals surface area contributed by atoms with Crippen LogP contribution in [0.15, 0.2) is 70.4 Å². The van der Waals surface area contributed by atoms with Gasteiger partial charge in [-0.1, -0.05) is 66.4 Å². The number of aromatic nitrogens is 2. The maximum absolute atomic E-state index is 6.48. The minimum atomic E-state index is -0.159. The smallest absolute Gasteiger partial charge is 0.231 e. The molecule has 1 fully saturated rings. The zero-order valence-electron chi connectivity index (χ0n) is 16.5. The van der Waals surface area contributed by atoms with Crippen LogP contribution in [0.3, 0.4) is 0 Å². The molecule has 30 heavy (non-hydrogen) atoms. The zero-order valence-corrected chi connectivity index (χ0v) is 18.9. The summed E-state index contributed by atoms with van der Waals surface area (Å²) in [6.45, 7) is 0. The minimum Gasteiger partial charge on any atom is -0.437 e. The Bertz CT molecular complexity index is 1140. The average Bonchev–Trinajstić information content (AvgIpc) is 3.11. The van der Waals surface area contributed by atoms with Crippen molar-refractivity contribution < 1.29 is 4.42 Å². The topological polar surface area (TPSA) is 64.9 Å². The third-order valence-corrected chi connectivity index (χ3v) is 6.20. The van der Waals surface area contributed by atoms with Crippen molar-refractivity contribution in [3.8, 4) is 22.5 Å². The van der Waals surface area contributed by atoms with E-state index in [1.807, 2.05) is 30.7 Å². The second-order valence-electron chi connectivity index (χ2n) is 7.33. The standard InChI is InChI=1S/C23H21N3OS.2ClH/c1-28-22-25-14-18-19(15-6-3-2-4-7-15)20(27-21(18)26-22)16-8-10-17(11-9-16)23(24)12-5-13-23;;/h2-4,6-11,14H,5,12-13,24H2,1H3;2*1H. The van der Waals surface area contributed by atoms with E-state index in [1.54, 1.807) is 0 Å². The van der Waals surface area contributed by atoms with Gasteiger partial charge in [0, 0.05) is 22.9 Å². The van der Waals surface area contributed by atoms with Gasteiger partial charge in [-0.2, -0.15) is 4.98 Å². The van der Waals surface area contributed by atoms with Crippen LogP contribution in [0.1, 0.15) is 24.8 Å². The molecule has 0 aliphatic heterocycles. The number of rotatable bonds is 4. The number of nitrogens with zero attached hydrogens (tertiary/aromatic N) is 2. The molecule has 2 heterocycles. The molecule has 2 aromatic carbocycles. The molecule has 0 spiro atoms. The number of hydrogen-bond acceptors (Lipinski definition) is 5. The highest BCUT2D eigenvalue weighted by Crippen LogP contribution is 2.42. The number of fused-ring (bicyclic) bond motifs is 1. The van der Waals surface area contributed by atoms with Crippen molar-refractivity contribution in [1.82, 2.24) is 9.97 Å². The number of hydrogen-bond donors (Lipinski definition) is 1. The van der Waals surface area contributed by atoms with Gasteiger partial charge < -0.3 is 10.2 Å². The molecule has 2 N–H and O–H groups in total. The first-order valence-electron chi connectivity index (χ1n) is 9.47. The van der Waals surface area contributed by atoms with Gasteiger partial charge in [-0.3, -0.25) is 0 Å². The summed E-state index contributed by atoms with van der Waals surface area (Å²) in [6, 6.07) is 18.7. The predicted molar refractivity (Wildman–Crippen MR) is 129 cm³/mol. The molecule has 2 aromatic heterocycles. The molecule has 1 aliphatic carbocycles. The molecule has 0 unspecified atom stereocenters. The predicted octanol–water partition coefficient (Wildman–Crippen LogP) is 6.46. The van der Waals surface area contributed by atoms with Crippen molar-refractivity contribution in [2.45, 2.75) is 30.0 Å². The Hall–Kier alpha value is -2.05. The molecular weight excluding hydrogens is 437 g/mol. The van der Waals surface area contributed by atoms with E-state index in [0.717, 1.165) is 40.7 Å². The van der Waals surface area contributed by atoms with E-state index in [0.29, 0.717) is 10.9 Å². The second kappa shape index (κ2) is 8.98. The Kier molecular flexibility index (Phi) is 6.78. The van der Waals surface area contributed by atoms with Crippen LogP contribution in [0.4, 0.5) is 0 Å². The normalized spacial score (nSPS) is 14.5. The lowest BCUT2D eigenvalue weighted by atomic mass is 9.72. The van der Waals surface area contributed by atoms with Gasteiger partial charge in [0.1, 0.15) is 5.76 Å². The molecule has 0 saturated heterocycles. The van der Waals surface area contributed by atoms with Gasteiger partial charge in [0.25, 0.3) is 0 Å². The summed E-state index contributed by atoms with van der Waals surface area (Å²) in [5.41, 5.74) is 11.3. The van der Waals surface area contributed by atoms with Gasteiger partial charge >= 0.3 is 0 Å². The van der Waals surface area contributed by atoms with E-state index in [1.165, 1.54) is 23.7 Å². The summed E-state index contributed by atoms with van der Waals surface area (Å²) in [6.07, 6.45) is 7.14. The fourth-order valence-electron chi connectivity index (χ4n) is 3.86. The highest BCUT2D eigenvalue weighted by Gasteiger charge is 2.34. The molecule has 0 atom stereocenters. The van der Waals surface area contributed by atoms with Crippen LogP contribution in [0, 0.1) is 0 Å². The van der Waals surface area contributed by atoms with Gasteiger partial charge in [0.05, 0.1) is 5.39 Å². The lowest BCUT2D eigenvalue weighted by Gasteiger charge is -2.38. The fourth-order valence-corrected chi connectivity index (χ4v) is 4.20. The first-order valence-corrected chi connectivity index (χ1v) is 10.7. The van der Waals surface area contributed by atoms with Crippen molar-refractivity contribution in [1.29, 1.82) is 0 Å². The molecule has 1 saturated carbocycles. The Balaban J connectivity index is 0.00000128. The van der Waals surface area contributed by atoms with Crippen molar-refractivity contribution in [3.05, 3.63) is 66.4 Å². The Morgan fingerprint density at radius 1 is 0.967 bits per heavy atom.